The van der Waals surface area contributed by atoms with Crippen LogP contribution >= 0.6 is 11.6 Å². The standard InChI is InChI=1S/C26H34ClN3O5/c1-5-35-25(32)18-8-10-26(33,11-9-18)15-29-24(31)19-6-7-22(21(27)13-19)30-17(3)20-12-16(2)28-14-23(20)34-4/h6-7,12-14,17-18,30,33H,5,8-11,15H2,1-4H3,(H,29,31)/t17-,18?,26?/m0/s1. The molecule has 1 aromatic carbocycles. The number of pyridine rings is 1. The van der Waals surface area contributed by atoms with E-state index in [4.69, 9.17) is 21.1 Å². The van der Waals surface area contributed by atoms with Crippen LogP contribution < -0.4 is 15.4 Å². The van der Waals surface area contributed by atoms with Gasteiger partial charge in [-0.05, 0) is 70.7 Å². The minimum Gasteiger partial charge on any atom is -0.495 e. The second-order valence-electron chi connectivity index (χ2n) is 9.06. The van der Waals surface area contributed by atoms with Crippen LogP contribution in [0.25, 0.3) is 0 Å². The SMILES string of the molecule is CCOC(=O)C1CCC(O)(CNC(=O)c2ccc(N[C@@H](C)c3cc(C)ncc3OC)c(Cl)c2)CC1. The first kappa shape index (κ1) is 26.8. The molecule has 8 nitrogen and oxygen atoms in total. The van der Waals surface area contributed by atoms with Gasteiger partial charge in [-0.1, -0.05) is 11.6 Å². The number of carbonyl (C=O) groups excluding carboxylic acids is 2. The molecule has 1 fully saturated rings. The second-order valence-corrected chi connectivity index (χ2v) is 9.47. The maximum Gasteiger partial charge on any atom is 0.308 e. The molecular weight excluding hydrogens is 470 g/mol. The zero-order valence-electron chi connectivity index (χ0n) is 20.7. The van der Waals surface area contributed by atoms with Crippen LogP contribution in [0.5, 0.6) is 5.75 Å². The van der Waals surface area contributed by atoms with Crippen molar-refractivity contribution in [2.45, 2.75) is 58.1 Å². The molecule has 1 heterocycles. The van der Waals surface area contributed by atoms with E-state index in [0.717, 1.165) is 11.3 Å². The molecular formula is C26H34ClN3O5. The molecule has 0 unspecified atom stereocenters. The number of aryl methyl sites for hydroxylation is 1. The molecule has 2 aromatic rings. The number of rotatable bonds is 9. The summed E-state index contributed by atoms with van der Waals surface area (Å²) in [7, 11) is 1.60. The summed E-state index contributed by atoms with van der Waals surface area (Å²) in [5, 5.41) is 17.4. The van der Waals surface area contributed by atoms with Crippen molar-refractivity contribution in [3.8, 4) is 5.75 Å². The van der Waals surface area contributed by atoms with Gasteiger partial charge in [-0.3, -0.25) is 14.6 Å². The second kappa shape index (κ2) is 11.7. The van der Waals surface area contributed by atoms with E-state index < -0.39 is 5.60 Å². The van der Waals surface area contributed by atoms with E-state index in [2.05, 4.69) is 15.6 Å². The highest BCUT2D eigenvalue weighted by Crippen LogP contribution is 2.33. The van der Waals surface area contributed by atoms with Gasteiger partial charge in [-0.25, -0.2) is 0 Å². The molecule has 9 heteroatoms. The van der Waals surface area contributed by atoms with Gasteiger partial charge < -0.3 is 25.2 Å². The Morgan fingerprint density at radius 2 is 2.00 bits per heavy atom. The van der Waals surface area contributed by atoms with Gasteiger partial charge >= 0.3 is 5.97 Å². The van der Waals surface area contributed by atoms with Crippen molar-refractivity contribution >= 4 is 29.2 Å². The summed E-state index contributed by atoms with van der Waals surface area (Å²) in [6.07, 6.45) is 3.62. The maximum atomic E-state index is 12.7. The average Bonchev–Trinajstić information content (AvgIpc) is 2.84. The number of benzene rings is 1. The van der Waals surface area contributed by atoms with Crippen molar-refractivity contribution in [1.82, 2.24) is 10.3 Å². The molecule has 3 N–H and O–H groups in total. The quantitative estimate of drug-likeness (QED) is 0.434. The molecule has 0 bridgehead atoms. The van der Waals surface area contributed by atoms with E-state index in [9.17, 15) is 14.7 Å². The summed E-state index contributed by atoms with van der Waals surface area (Å²) in [5.41, 5.74) is 1.87. The van der Waals surface area contributed by atoms with E-state index in [-0.39, 0.29) is 30.4 Å². The molecule has 0 aliphatic heterocycles. The van der Waals surface area contributed by atoms with Crippen LogP contribution in [-0.2, 0) is 9.53 Å². The fraction of sp³-hybridized carbons (Fsp3) is 0.500. The van der Waals surface area contributed by atoms with Gasteiger partial charge in [0.1, 0.15) is 5.75 Å². The highest BCUT2D eigenvalue weighted by molar-refractivity contribution is 6.33. The Kier molecular flexibility index (Phi) is 8.97. The molecule has 1 aliphatic carbocycles. The topological polar surface area (TPSA) is 110 Å². The fourth-order valence-corrected chi connectivity index (χ4v) is 4.57. The lowest BCUT2D eigenvalue weighted by Crippen LogP contribution is -2.46. The van der Waals surface area contributed by atoms with Crippen molar-refractivity contribution in [1.29, 1.82) is 0 Å². The Hall–Kier alpha value is -2.84. The first-order chi connectivity index (χ1) is 16.7. The number of esters is 1. The molecule has 1 aliphatic rings. The first-order valence-corrected chi connectivity index (χ1v) is 12.3. The summed E-state index contributed by atoms with van der Waals surface area (Å²) < 4.78 is 10.5. The van der Waals surface area contributed by atoms with Crippen LogP contribution in [0, 0.1) is 12.8 Å². The first-order valence-electron chi connectivity index (χ1n) is 11.9. The number of halogens is 1. The van der Waals surface area contributed by atoms with Gasteiger partial charge in [0.15, 0.2) is 0 Å². The molecule has 35 heavy (non-hydrogen) atoms. The van der Waals surface area contributed by atoms with Crippen molar-refractivity contribution in [2.24, 2.45) is 5.92 Å². The zero-order valence-corrected chi connectivity index (χ0v) is 21.4. The van der Waals surface area contributed by atoms with E-state index in [0.29, 0.717) is 54.3 Å². The summed E-state index contributed by atoms with van der Waals surface area (Å²) in [6.45, 7) is 6.14. The van der Waals surface area contributed by atoms with Gasteiger partial charge in [0, 0.05) is 23.4 Å². The van der Waals surface area contributed by atoms with Crippen molar-refractivity contribution in [3.05, 3.63) is 52.3 Å². The van der Waals surface area contributed by atoms with Gasteiger partial charge in [0.25, 0.3) is 5.91 Å². The monoisotopic (exact) mass is 503 g/mol. The number of nitrogens with zero attached hydrogens (tertiary/aromatic N) is 1. The largest absolute Gasteiger partial charge is 0.495 e. The lowest BCUT2D eigenvalue weighted by Gasteiger charge is -2.35. The number of aromatic nitrogens is 1. The predicted molar refractivity (Wildman–Crippen MR) is 135 cm³/mol. The van der Waals surface area contributed by atoms with Crippen LogP contribution in [0.2, 0.25) is 5.02 Å². The Labute approximate surface area is 211 Å². The normalized spacial score (nSPS) is 20.6. The smallest absolute Gasteiger partial charge is 0.308 e. The van der Waals surface area contributed by atoms with Crippen LogP contribution in [0.1, 0.15) is 67.2 Å². The molecule has 1 amide bonds. The highest BCUT2D eigenvalue weighted by atomic mass is 35.5. The minimum atomic E-state index is -1.04. The minimum absolute atomic E-state index is 0.108. The van der Waals surface area contributed by atoms with Gasteiger partial charge in [0.2, 0.25) is 0 Å². The molecule has 1 atom stereocenters. The summed E-state index contributed by atoms with van der Waals surface area (Å²) in [5.74, 6) is -0.0484. The predicted octanol–water partition coefficient (Wildman–Crippen LogP) is 4.44. The highest BCUT2D eigenvalue weighted by Gasteiger charge is 2.36. The third-order valence-electron chi connectivity index (χ3n) is 6.44. The zero-order chi connectivity index (χ0) is 25.6. The molecule has 0 spiro atoms. The number of ether oxygens (including phenoxy) is 2. The Morgan fingerprint density at radius 1 is 1.29 bits per heavy atom. The lowest BCUT2D eigenvalue weighted by molar-refractivity contribution is -0.151. The summed E-state index contributed by atoms with van der Waals surface area (Å²) in [6, 6.07) is 6.89. The lowest BCUT2D eigenvalue weighted by atomic mass is 9.78. The van der Waals surface area contributed by atoms with Crippen LogP contribution in [0.3, 0.4) is 0 Å². The molecule has 1 saturated carbocycles. The van der Waals surface area contributed by atoms with E-state index in [1.54, 1.807) is 38.4 Å². The summed E-state index contributed by atoms with van der Waals surface area (Å²) >= 11 is 6.48. The van der Waals surface area contributed by atoms with Gasteiger partial charge in [0.05, 0.1) is 48.2 Å². The Bertz CT molecular complexity index is 1050. The molecule has 0 radical (unpaired) electrons. The Balaban J connectivity index is 1.58. The maximum absolute atomic E-state index is 12.7. The van der Waals surface area contributed by atoms with Crippen LogP contribution in [0.4, 0.5) is 5.69 Å². The Morgan fingerprint density at radius 3 is 2.63 bits per heavy atom. The van der Waals surface area contributed by atoms with Crippen molar-refractivity contribution in [3.63, 3.8) is 0 Å². The van der Waals surface area contributed by atoms with E-state index >= 15 is 0 Å². The molecule has 190 valence electrons. The fourth-order valence-electron chi connectivity index (χ4n) is 4.34. The van der Waals surface area contributed by atoms with Crippen molar-refractivity contribution in [2.75, 3.05) is 25.6 Å². The molecule has 0 saturated heterocycles. The van der Waals surface area contributed by atoms with E-state index in [1.807, 2.05) is 19.9 Å². The average molecular weight is 504 g/mol. The number of anilines is 1. The molecule has 1 aromatic heterocycles. The number of nitrogens with one attached hydrogen (secondary N) is 2. The third-order valence-corrected chi connectivity index (χ3v) is 6.75. The van der Waals surface area contributed by atoms with Crippen molar-refractivity contribution < 1.29 is 24.2 Å². The number of carbonyl (C=O) groups is 2. The third kappa shape index (κ3) is 6.86. The van der Waals surface area contributed by atoms with Crippen LogP contribution in [0.15, 0.2) is 30.5 Å². The molecule has 3 rings (SSSR count). The van der Waals surface area contributed by atoms with Gasteiger partial charge in [-0.2, -0.15) is 0 Å². The van der Waals surface area contributed by atoms with E-state index in [1.165, 1.54) is 0 Å². The number of methoxy groups -OCH3 is 1. The summed E-state index contributed by atoms with van der Waals surface area (Å²) in [4.78, 5) is 28.9. The van der Waals surface area contributed by atoms with Crippen LogP contribution in [-0.4, -0.2) is 47.8 Å². The number of hydrogen-bond acceptors (Lipinski definition) is 7. The van der Waals surface area contributed by atoms with Gasteiger partial charge in [-0.15, -0.1) is 0 Å². The number of aliphatic hydroxyl groups is 1. The number of amides is 1. The number of hydrogen-bond donors (Lipinski definition) is 3.